The van der Waals surface area contributed by atoms with Crippen LogP contribution in [0.4, 0.5) is 0 Å². The van der Waals surface area contributed by atoms with Gasteiger partial charge in [-0.05, 0) is 11.8 Å². The predicted octanol–water partition coefficient (Wildman–Crippen LogP) is -1.24. The summed E-state index contributed by atoms with van der Waals surface area (Å²) in [4.78, 5) is 9.73. The molecule has 0 saturated heterocycles. The van der Waals surface area contributed by atoms with E-state index in [1.807, 2.05) is 0 Å². The van der Waals surface area contributed by atoms with Crippen molar-refractivity contribution in [1.29, 1.82) is 0 Å². The molecule has 0 aromatic carbocycles. The van der Waals surface area contributed by atoms with Gasteiger partial charge in [-0.25, -0.2) is 0 Å². The summed E-state index contributed by atoms with van der Waals surface area (Å²) in [5.74, 6) is 2.35. The highest BCUT2D eigenvalue weighted by Gasteiger charge is 2.02. The third-order valence-corrected chi connectivity index (χ3v) is 0.954. The summed E-state index contributed by atoms with van der Waals surface area (Å²) in [6.45, 7) is 3.49. The van der Waals surface area contributed by atoms with Crippen molar-refractivity contribution in [2.24, 2.45) is 5.92 Å². The van der Waals surface area contributed by atoms with Gasteiger partial charge in [-0.2, -0.15) is 0 Å². The number of carbonyl (C=O) groups excluding carboxylic acids is 1. The SMILES string of the molecule is CC(C)[C@H](O)C#CC(=O)[O-]. The smallest absolute Gasteiger partial charge is 0.117 e. The lowest BCUT2D eigenvalue weighted by atomic mass is 10.1. The van der Waals surface area contributed by atoms with Gasteiger partial charge in [0.25, 0.3) is 0 Å². The lowest BCUT2D eigenvalue weighted by molar-refractivity contribution is -0.295. The molecule has 10 heavy (non-hydrogen) atoms. The van der Waals surface area contributed by atoms with Crippen molar-refractivity contribution in [2.45, 2.75) is 20.0 Å². The van der Waals surface area contributed by atoms with Crippen LogP contribution in [0.15, 0.2) is 0 Å². The van der Waals surface area contributed by atoms with Crippen LogP contribution in [0.5, 0.6) is 0 Å². The Kier molecular flexibility index (Phi) is 3.52. The van der Waals surface area contributed by atoms with Crippen molar-refractivity contribution >= 4 is 5.97 Å². The Balaban J connectivity index is 3.92. The second-order valence-corrected chi connectivity index (χ2v) is 2.25. The summed E-state index contributed by atoms with van der Waals surface area (Å²) in [5.41, 5.74) is 0. The van der Waals surface area contributed by atoms with Crippen molar-refractivity contribution in [3.8, 4) is 11.8 Å². The van der Waals surface area contributed by atoms with Gasteiger partial charge in [-0.3, -0.25) is 0 Å². The Morgan fingerprint density at radius 2 is 2.10 bits per heavy atom. The van der Waals surface area contributed by atoms with Gasteiger partial charge in [-0.15, -0.1) is 0 Å². The van der Waals surface area contributed by atoms with Gasteiger partial charge >= 0.3 is 0 Å². The van der Waals surface area contributed by atoms with E-state index in [9.17, 15) is 9.90 Å². The molecule has 3 nitrogen and oxygen atoms in total. The second kappa shape index (κ2) is 3.91. The number of aliphatic hydroxyl groups is 1. The number of carboxylic acids is 1. The number of aliphatic carboxylic acids is 1. The lowest BCUT2D eigenvalue weighted by Gasteiger charge is -2.05. The lowest BCUT2D eigenvalue weighted by Crippen LogP contribution is -2.21. The van der Waals surface area contributed by atoms with Gasteiger partial charge in [0.15, 0.2) is 0 Å². The molecule has 1 atom stereocenters. The molecule has 0 aliphatic rings. The van der Waals surface area contributed by atoms with E-state index in [1.54, 1.807) is 19.8 Å². The maximum Gasteiger partial charge on any atom is 0.117 e. The predicted molar refractivity (Wildman–Crippen MR) is 33.6 cm³/mol. The van der Waals surface area contributed by atoms with Crippen LogP contribution in [-0.4, -0.2) is 17.2 Å². The van der Waals surface area contributed by atoms with Crippen LogP contribution in [0.1, 0.15) is 13.8 Å². The fraction of sp³-hybridized carbons (Fsp3) is 0.571. The summed E-state index contributed by atoms with van der Waals surface area (Å²) in [5, 5.41) is 18.6. The van der Waals surface area contributed by atoms with Gasteiger partial charge in [0.2, 0.25) is 0 Å². The first-order valence-corrected chi connectivity index (χ1v) is 2.94. The minimum atomic E-state index is -1.46. The van der Waals surface area contributed by atoms with Gasteiger partial charge in [0, 0.05) is 0 Å². The van der Waals surface area contributed by atoms with Crippen LogP contribution >= 0.6 is 0 Å². The van der Waals surface area contributed by atoms with Gasteiger partial charge < -0.3 is 15.0 Å². The van der Waals surface area contributed by atoms with Crippen molar-refractivity contribution in [3.05, 3.63) is 0 Å². The molecule has 0 amide bonds. The summed E-state index contributed by atoms with van der Waals surface area (Å²) in [6.07, 6.45) is -0.877. The topological polar surface area (TPSA) is 60.4 Å². The standard InChI is InChI=1S/C7H10O3/c1-5(2)6(8)3-4-7(9)10/h5-6,8H,1-2H3,(H,9,10)/p-1/t6-/m1/s1. The molecule has 0 rings (SSSR count). The summed E-state index contributed by atoms with van der Waals surface area (Å²) < 4.78 is 0. The normalized spacial score (nSPS) is 12.0. The van der Waals surface area contributed by atoms with Crippen LogP contribution in [-0.2, 0) is 4.79 Å². The summed E-state index contributed by atoms with van der Waals surface area (Å²) >= 11 is 0. The number of rotatable bonds is 1. The van der Waals surface area contributed by atoms with Crippen LogP contribution < -0.4 is 5.11 Å². The van der Waals surface area contributed by atoms with Gasteiger partial charge in [0.05, 0.1) is 0 Å². The molecular weight excluding hydrogens is 132 g/mol. The van der Waals surface area contributed by atoms with Gasteiger partial charge in [-0.1, -0.05) is 19.8 Å². The molecule has 3 heteroatoms. The van der Waals surface area contributed by atoms with E-state index in [0.717, 1.165) is 0 Å². The fourth-order valence-corrected chi connectivity index (χ4v) is 0.300. The average Bonchev–Trinajstić information content (AvgIpc) is 1.82. The zero-order chi connectivity index (χ0) is 8.15. The van der Waals surface area contributed by atoms with Crippen LogP contribution in [0.3, 0.4) is 0 Å². The molecule has 56 valence electrons. The molecule has 0 bridgehead atoms. The number of aliphatic hydroxyl groups excluding tert-OH is 1. The molecular formula is C7H9O3-. The van der Waals surface area contributed by atoms with E-state index < -0.39 is 12.1 Å². The van der Waals surface area contributed by atoms with Crippen molar-refractivity contribution < 1.29 is 15.0 Å². The highest BCUT2D eigenvalue weighted by molar-refractivity contribution is 5.84. The molecule has 0 spiro atoms. The molecule has 0 heterocycles. The second-order valence-electron chi connectivity index (χ2n) is 2.25. The highest BCUT2D eigenvalue weighted by atomic mass is 16.4. The average molecular weight is 141 g/mol. The Labute approximate surface area is 59.7 Å². The quantitative estimate of drug-likeness (QED) is 0.464. The maximum absolute atomic E-state index is 9.73. The van der Waals surface area contributed by atoms with E-state index in [4.69, 9.17) is 5.11 Å². The van der Waals surface area contributed by atoms with E-state index >= 15 is 0 Å². The largest absolute Gasteiger partial charge is 0.537 e. The molecule has 0 aromatic rings. The monoisotopic (exact) mass is 141 g/mol. The van der Waals surface area contributed by atoms with Crippen molar-refractivity contribution in [2.75, 3.05) is 0 Å². The Morgan fingerprint density at radius 3 is 2.40 bits per heavy atom. The van der Waals surface area contributed by atoms with Crippen LogP contribution in [0, 0.1) is 17.8 Å². The molecule has 0 saturated carbocycles. The number of hydrogen-bond acceptors (Lipinski definition) is 3. The minimum Gasteiger partial charge on any atom is -0.537 e. The fourth-order valence-electron chi connectivity index (χ4n) is 0.300. The Hall–Kier alpha value is -1.01. The number of carbonyl (C=O) groups is 1. The third-order valence-electron chi connectivity index (χ3n) is 0.954. The first kappa shape index (κ1) is 8.99. The maximum atomic E-state index is 9.73. The molecule has 0 unspecified atom stereocenters. The van der Waals surface area contributed by atoms with E-state index in [2.05, 4.69) is 5.92 Å². The number of carboxylic acid groups (broad SMARTS) is 1. The number of hydrogen-bond donors (Lipinski definition) is 1. The molecule has 0 radical (unpaired) electrons. The molecule has 0 aliphatic carbocycles. The van der Waals surface area contributed by atoms with E-state index in [1.165, 1.54) is 0 Å². The van der Waals surface area contributed by atoms with E-state index in [0.29, 0.717) is 0 Å². The molecule has 1 N–H and O–H groups in total. The van der Waals surface area contributed by atoms with Gasteiger partial charge in [0.1, 0.15) is 12.1 Å². The zero-order valence-electron chi connectivity index (χ0n) is 5.92. The first-order valence-electron chi connectivity index (χ1n) is 2.94. The van der Waals surface area contributed by atoms with E-state index in [-0.39, 0.29) is 5.92 Å². The Morgan fingerprint density at radius 1 is 1.60 bits per heavy atom. The summed E-state index contributed by atoms with van der Waals surface area (Å²) in [7, 11) is 0. The van der Waals surface area contributed by atoms with Crippen molar-refractivity contribution in [1.82, 2.24) is 0 Å². The molecule has 0 aromatic heterocycles. The third kappa shape index (κ3) is 3.93. The van der Waals surface area contributed by atoms with Crippen LogP contribution in [0.25, 0.3) is 0 Å². The minimum absolute atomic E-state index is 0.0492. The summed E-state index contributed by atoms with van der Waals surface area (Å²) in [6, 6.07) is 0. The highest BCUT2D eigenvalue weighted by Crippen LogP contribution is 1.97. The first-order chi connectivity index (χ1) is 4.54. The van der Waals surface area contributed by atoms with Crippen LogP contribution in [0.2, 0.25) is 0 Å². The molecule has 0 fully saturated rings. The zero-order valence-corrected chi connectivity index (χ0v) is 5.92. The van der Waals surface area contributed by atoms with Crippen molar-refractivity contribution in [3.63, 3.8) is 0 Å². The molecule has 0 aliphatic heterocycles. The Bertz CT molecular complexity index is 173.